The van der Waals surface area contributed by atoms with Gasteiger partial charge in [0.2, 0.25) is 0 Å². The minimum absolute atomic E-state index is 0.642. The van der Waals surface area contributed by atoms with Gasteiger partial charge in [0.15, 0.2) is 29.0 Å². The molecule has 1 aliphatic rings. The lowest BCUT2D eigenvalue weighted by molar-refractivity contribution is 0.477. The van der Waals surface area contributed by atoms with E-state index in [-0.39, 0.29) is 0 Å². The Hall–Kier alpha value is -5.29. The first kappa shape index (κ1) is 25.7. The van der Waals surface area contributed by atoms with Gasteiger partial charge in [-0.25, -0.2) is 15.0 Å². The molecule has 42 heavy (non-hydrogen) atoms. The lowest BCUT2D eigenvalue weighted by atomic mass is 10.1. The third-order valence-electron chi connectivity index (χ3n) is 7.69. The van der Waals surface area contributed by atoms with Gasteiger partial charge in [0.25, 0.3) is 0 Å². The summed E-state index contributed by atoms with van der Waals surface area (Å²) in [5, 5.41) is 0. The van der Waals surface area contributed by atoms with Crippen LogP contribution in [0.5, 0.6) is 11.5 Å². The molecule has 0 bridgehead atoms. The molecule has 0 unspecified atom stereocenters. The van der Waals surface area contributed by atoms with Crippen LogP contribution in [0.4, 0.5) is 17.1 Å². The zero-order chi connectivity index (χ0) is 28.5. The number of nitrogens with zero attached hydrogens (tertiary/aromatic N) is 4. The average Bonchev–Trinajstić information content (AvgIpc) is 3.07. The fraction of sp³-hybridized carbons (Fsp3) is 0.108. The minimum Gasteiger partial charge on any atom is -0.453 e. The van der Waals surface area contributed by atoms with Crippen LogP contribution in [0.15, 0.2) is 121 Å². The summed E-state index contributed by atoms with van der Waals surface area (Å²) < 4.78 is 6.19. The summed E-state index contributed by atoms with van der Waals surface area (Å²) >= 11 is 0. The summed E-state index contributed by atoms with van der Waals surface area (Å²) in [4.78, 5) is 17.0. The third-order valence-corrected chi connectivity index (χ3v) is 7.69. The molecule has 204 valence electrons. The van der Waals surface area contributed by atoms with E-state index in [2.05, 4.69) is 104 Å². The quantitative estimate of drug-likeness (QED) is 0.208. The molecule has 2 heterocycles. The molecule has 0 saturated carbocycles. The fourth-order valence-electron chi connectivity index (χ4n) is 5.28. The first-order chi connectivity index (χ1) is 20.7. The monoisotopic (exact) mass is 546 g/mol. The van der Waals surface area contributed by atoms with E-state index in [0.717, 1.165) is 58.1 Å². The van der Waals surface area contributed by atoms with Crippen LogP contribution in [-0.2, 0) is 12.8 Å². The molecule has 5 heteroatoms. The SMILES string of the molecule is CCc1ccc(-c2nc(-c3ccc(CC)cc3)nc(-c3ccc(N4c5ccccc5Oc5ccccc54)cc3)n2)cc1. The van der Waals surface area contributed by atoms with Gasteiger partial charge in [-0.2, -0.15) is 0 Å². The summed E-state index contributed by atoms with van der Waals surface area (Å²) in [6.07, 6.45) is 1.98. The summed E-state index contributed by atoms with van der Waals surface area (Å²) in [7, 11) is 0. The Morgan fingerprint density at radius 2 is 0.857 bits per heavy atom. The molecule has 7 rings (SSSR count). The van der Waals surface area contributed by atoms with E-state index in [4.69, 9.17) is 19.7 Å². The molecule has 0 atom stereocenters. The van der Waals surface area contributed by atoms with Crippen LogP contribution in [0.2, 0.25) is 0 Å². The Morgan fingerprint density at radius 3 is 1.26 bits per heavy atom. The van der Waals surface area contributed by atoms with E-state index in [1.807, 2.05) is 36.4 Å². The maximum Gasteiger partial charge on any atom is 0.164 e. The number of benzene rings is 5. The van der Waals surface area contributed by atoms with E-state index >= 15 is 0 Å². The van der Waals surface area contributed by atoms with Crippen molar-refractivity contribution < 1.29 is 4.74 Å². The lowest BCUT2D eigenvalue weighted by Gasteiger charge is -2.32. The molecule has 0 aliphatic carbocycles. The van der Waals surface area contributed by atoms with Crippen LogP contribution in [-0.4, -0.2) is 15.0 Å². The van der Waals surface area contributed by atoms with Gasteiger partial charge in [-0.3, -0.25) is 0 Å². The van der Waals surface area contributed by atoms with Gasteiger partial charge in [-0.15, -0.1) is 0 Å². The molecule has 0 radical (unpaired) electrons. The van der Waals surface area contributed by atoms with Crippen LogP contribution in [0.3, 0.4) is 0 Å². The van der Waals surface area contributed by atoms with Crippen LogP contribution < -0.4 is 9.64 Å². The van der Waals surface area contributed by atoms with Crippen molar-refractivity contribution in [1.29, 1.82) is 0 Å². The number of rotatable bonds is 6. The minimum atomic E-state index is 0.642. The van der Waals surface area contributed by atoms with Gasteiger partial charge in [0.05, 0.1) is 11.4 Å². The van der Waals surface area contributed by atoms with Crippen LogP contribution >= 0.6 is 0 Å². The van der Waals surface area contributed by atoms with Gasteiger partial charge in [-0.05, 0) is 72.5 Å². The fourth-order valence-corrected chi connectivity index (χ4v) is 5.28. The van der Waals surface area contributed by atoms with E-state index in [1.165, 1.54) is 11.1 Å². The molecule has 6 aromatic rings. The number of fused-ring (bicyclic) bond motifs is 2. The molecule has 0 N–H and O–H groups in total. The average molecular weight is 547 g/mol. The van der Waals surface area contributed by atoms with Crippen molar-refractivity contribution in [1.82, 2.24) is 15.0 Å². The zero-order valence-electron chi connectivity index (χ0n) is 23.7. The molecular formula is C37H30N4O. The summed E-state index contributed by atoms with van der Waals surface area (Å²) in [6.45, 7) is 4.32. The second kappa shape index (κ2) is 10.9. The Labute approximate surface area is 246 Å². The number of aromatic nitrogens is 3. The van der Waals surface area contributed by atoms with Crippen molar-refractivity contribution in [2.24, 2.45) is 0 Å². The maximum absolute atomic E-state index is 6.19. The predicted molar refractivity (Wildman–Crippen MR) is 170 cm³/mol. The molecule has 0 spiro atoms. The Bertz CT molecular complexity index is 1750. The Kier molecular flexibility index (Phi) is 6.68. The van der Waals surface area contributed by atoms with Crippen LogP contribution in [0.25, 0.3) is 34.2 Å². The molecule has 5 nitrogen and oxygen atoms in total. The standard InChI is InChI=1S/C37H30N4O/c1-3-25-13-17-27(18-14-25)35-38-36(28-19-15-26(4-2)16-20-28)40-37(39-35)29-21-23-30(24-22-29)41-31-9-5-7-11-33(31)42-34-12-8-6-10-32(34)41/h5-24H,3-4H2,1-2H3. The highest BCUT2D eigenvalue weighted by molar-refractivity contribution is 5.86. The summed E-state index contributed by atoms with van der Waals surface area (Å²) in [5.41, 5.74) is 8.46. The van der Waals surface area contributed by atoms with Crippen molar-refractivity contribution in [3.8, 4) is 45.7 Å². The van der Waals surface area contributed by atoms with Crippen LogP contribution in [0.1, 0.15) is 25.0 Å². The Morgan fingerprint density at radius 1 is 0.476 bits per heavy atom. The van der Waals surface area contributed by atoms with Crippen molar-refractivity contribution in [2.45, 2.75) is 26.7 Å². The topological polar surface area (TPSA) is 51.1 Å². The normalized spacial score (nSPS) is 11.9. The largest absolute Gasteiger partial charge is 0.453 e. The number of anilines is 3. The van der Waals surface area contributed by atoms with E-state index in [9.17, 15) is 0 Å². The van der Waals surface area contributed by atoms with Crippen molar-refractivity contribution >= 4 is 17.1 Å². The molecule has 0 fully saturated rings. The second-order valence-electron chi connectivity index (χ2n) is 10.3. The second-order valence-corrected chi connectivity index (χ2v) is 10.3. The van der Waals surface area contributed by atoms with Gasteiger partial charge < -0.3 is 9.64 Å². The van der Waals surface area contributed by atoms with E-state index in [1.54, 1.807) is 0 Å². The van der Waals surface area contributed by atoms with Gasteiger partial charge >= 0.3 is 0 Å². The highest BCUT2D eigenvalue weighted by atomic mass is 16.5. The first-order valence-corrected chi connectivity index (χ1v) is 14.4. The summed E-state index contributed by atoms with van der Waals surface area (Å²) in [5.74, 6) is 3.63. The molecule has 1 aromatic heterocycles. The Balaban J connectivity index is 1.31. The molecule has 5 aromatic carbocycles. The molecule has 0 amide bonds. The number of hydrogen-bond acceptors (Lipinski definition) is 5. The van der Waals surface area contributed by atoms with Crippen molar-refractivity contribution in [3.05, 3.63) is 132 Å². The van der Waals surface area contributed by atoms with E-state index < -0.39 is 0 Å². The highest BCUT2D eigenvalue weighted by Gasteiger charge is 2.25. The smallest absolute Gasteiger partial charge is 0.164 e. The van der Waals surface area contributed by atoms with E-state index in [0.29, 0.717) is 17.5 Å². The first-order valence-electron chi connectivity index (χ1n) is 14.4. The highest BCUT2D eigenvalue weighted by Crippen LogP contribution is 2.50. The molecule has 0 saturated heterocycles. The number of aryl methyl sites for hydroxylation is 2. The van der Waals surface area contributed by atoms with Gasteiger partial charge in [-0.1, -0.05) is 86.6 Å². The summed E-state index contributed by atoms with van der Waals surface area (Å²) in [6, 6.07) is 41.6. The molecule has 1 aliphatic heterocycles. The number of ether oxygens (including phenoxy) is 1. The molecular weight excluding hydrogens is 516 g/mol. The zero-order valence-corrected chi connectivity index (χ0v) is 23.7. The van der Waals surface area contributed by atoms with Gasteiger partial charge in [0, 0.05) is 22.4 Å². The third kappa shape index (κ3) is 4.79. The van der Waals surface area contributed by atoms with Crippen molar-refractivity contribution in [2.75, 3.05) is 4.90 Å². The van der Waals surface area contributed by atoms with Gasteiger partial charge in [0.1, 0.15) is 0 Å². The number of hydrogen-bond donors (Lipinski definition) is 0. The predicted octanol–water partition coefficient (Wildman–Crippen LogP) is 9.57. The number of para-hydroxylation sites is 4. The van der Waals surface area contributed by atoms with Crippen LogP contribution in [0, 0.1) is 0 Å². The lowest BCUT2D eigenvalue weighted by Crippen LogP contribution is -2.15. The van der Waals surface area contributed by atoms with Crippen molar-refractivity contribution in [3.63, 3.8) is 0 Å². The maximum atomic E-state index is 6.19.